The number of likely N-dealkylation sites (tertiary alicyclic amines) is 1. The van der Waals surface area contributed by atoms with Gasteiger partial charge in [-0.25, -0.2) is 0 Å². The van der Waals surface area contributed by atoms with E-state index in [1.165, 1.54) is 0 Å². The van der Waals surface area contributed by atoms with Crippen LogP contribution in [-0.2, 0) is 0 Å². The SMILES string of the molecule is COc1ccc(Cl)cc1-c1cccc(C(=O)N2CCC[C@H](O)C2)c1. The van der Waals surface area contributed by atoms with Crippen molar-refractivity contribution in [1.82, 2.24) is 4.90 Å². The van der Waals surface area contributed by atoms with Gasteiger partial charge in [0.2, 0.25) is 0 Å². The van der Waals surface area contributed by atoms with E-state index in [1.54, 1.807) is 24.1 Å². The van der Waals surface area contributed by atoms with Crippen molar-refractivity contribution in [3.05, 3.63) is 53.1 Å². The van der Waals surface area contributed by atoms with Gasteiger partial charge in [-0.1, -0.05) is 23.7 Å². The van der Waals surface area contributed by atoms with Crippen molar-refractivity contribution < 1.29 is 14.6 Å². The topological polar surface area (TPSA) is 49.8 Å². The third-order valence-corrected chi connectivity index (χ3v) is 4.50. The lowest BCUT2D eigenvalue weighted by molar-refractivity contribution is 0.0474. The van der Waals surface area contributed by atoms with Crippen molar-refractivity contribution in [1.29, 1.82) is 0 Å². The number of nitrogens with zero attached hydrogens (tertiary/aromatic N) is 1. The van der Waals surface area contributed by atoms with E-state index in [4.69, 9.17) is 16.3 Å². The quantitative estimate of drug-likeness (QED) is 0.924. The highest BCUT2D eigenvalue weighted by Crippen LogP contribution is 2.33. The summed E-state index contributed by atoms with van der Waals surface area (Å²) in [6, 6.07) is 12.8. The molecule has 1 atom stereocenters. The maximum atomic E-state index is 12.7. The standard InChI is InChI=1S/C19H20ClNO3/c1-24-18-8-7-15(20)11-17(18)13-4-2-5-14(10-13)19(23)21-9-3-6-16(22)12-21/h2,4-5,7-8,10-11,16,22H,3,6,9,12H2,1H3/t16-/m0/s1. The maximum Gasteiger partial charge on any atom is 0.253 e. The Hall–Kier alpha value is -2.04. The van der Waals surface area contributed by atoms with Crippen LogP contribution in [0.2, 0.25) is 5.02 Å². The second-order valence-electron chi connectivity index (χ2n) is 5.97. The number of carbonyl (C=O) groups is 1. The lowest BCUT2D eigenvalue weighted by atomic mass is 10.0. The van der Waals surface area contributed by atoms with Crippen molar-refractivity contribution in [3.8, 4) is 16.9 Å². The second-order valence-corrected chi connectivity index (χ2v) is 6.41. The highest BCUT2D eigenvalue weighted by molar-refractivity contribution is 6.31. The maximum absolute atomic E-state index is 12.7. The molecular weight excluding hydrogens is 326 g/mol. The van der Waals surface area contributed by atoms with Crippen LogP contribution in [0.1, 0.15) is 23.2 Å². The number of hydrogen-bond acceptors (Lipinski definition) is 3. The molecule has 2 aromatic rings. The van der Waals surface area contributed by atoms with E-state index in [9.17, 15) is 9.90 Å². The Balaban J connectivity index is 1.92. The van der Waals surface area contributed by atoms with E-state index in [0.29, 0.717) is 29.4 Å². The van der Waals surface area contributed by atoms with Gasteiger partial charge in [-0.15, -0.1) is 0 Å². The fourth-order valence-electron chi connectivity index (χ4n) is 3.05. The van der Waals surface area contributed by atoms with E-state index in [0.717, 1.165) is 24.0 Å². The van der Waals surface area contributed by atoms with Gasteiger partial charge >= 0.3 is 0 Å². The molecule has 126 valence electrons. The van der Waals surface area contributed by atoms with Crippen LogP contribution in [0.4, 0.5) is 0 Å². The number of ether oxygens (including phenoxy) is 1. The van der Waals surface area contributed by atoms with Crippen molar-refractivity contribution >= 4 is 17.5 Å². The van der Waals surface area contributed by atoms with Crippen LogP contribution in [0, 0.1) is 0 Å². The summed E-state index contributed by atoms with van der Waals surface area (Å²) in [4.78, 5) is 14.4. The minimum Gasteiger partial charge on any atom is -0.496 e. The molecule has 0 spiro atoms. The van der Waals surface area contributed by atoms with E-state index >= 15 is 0 Å². The number of benzene rings is 2. The van der Waals surface area contributed by atoms with Gasteiger partial charge in [0.15, 0.2) is 0 Å². The molecule has 0 bridgehead atoms. The molecule has 1 aliphatic heterocycles. The molecule has 1 heterocycles. The Labute approximate surface area is 146 Å². The largest absolute Gasteiger partial charge is 0.496 e. The van der Waals surface area contributed by atoms with E-state index in [-0.39, 0.29) is 5.91 Å². The first-order valence-electron chi connectivity index (χ1n) is 8.00. The number of aliphatic hydroxyl groups excluding tert-OH is 1. The average molecular weight is 346 g/mol. The monoisotopic (exact) mass is 345 g/mol. The number of amides is 1. The highest BCUT2D eigenvalue weighted by atomic mass is 35.5. The summed E-state index contributed by atoms with van der Waals surface area (Å²) in [5, 5.41) is 10.4. The molecule has 2 aromatic carbocycles. The molecule has 24 heavy (non-hydrogen) atoms. The molecule has 0 radical (unpaired) electrons. The fraction of sp³-hybridized carbons (Fsp3) is 0.316. The van der Waals surface area contributed by atoms with E-state index in [1.807, 2.05) is 30.3 Å². The fourth-order valence-corrected chi connectivity index (χ4v) is 3.22. The molecule has 0 aliphatic carbocycles. The van der Waals surface area contributed by atoms with E-state index in [2.05, 4.69) is 0 Å². The zero-order valence-electron chi connectivity index (χ0n) is 13.5. The minimum absolute atomic E-state index is 0.0587. The van der Waals surface area contributed by atoms with Gasteiger partial charge in [-0.05, 0) is 48.7 Å². The second kappa shape index (κ2) is 7.24. The van der Waals surface area contributed by atoms with Crippen molar-refractivity contribution in [2.45, 2.75) is 18.9 Å². The number of β-amino-alcohol motifs (C(OH)–C–C–N with tert-alkyl or cyclic N) is 1. The lowest BCUT2D eigenvalue weighted by Gasteiger charge is -2.30. The Morgan fingerprint density at radius 1 is 1.29 bits per heavy atom. The lowest BCUT2D eigenvalue weighted by Crippen LogP contribution is -2.42. The first kappa shape index (κ1) is 16.8. The molecule has 5 heteroatoms. The molecule has 1 fully saturated rings. The first-order chi connectivity index (χ1) is 11.6. The average Bonchev–Trinajstić information content (AvgIpc) is 2.61. The summed E-state index contributed by atoms with van der Waals surface area (Å²) < 4.78 is 5.40. The van der Waals surface area contributed by atoms with Gasteiger partial charge in [-0.2, -0.15) is 0 Å². The molecule has 1 N–H and O–H groups in total. The number of carbonyl (C=O) groups excluding carboxylic acids is 1. The smallest absolute Gasteiger partial charge is 0.253 e. The summed E-state index contributed by atoms with van der Waals surface area (Å²) in [7, 11) is 1.61. The zero-order chi connectivity index (χ0) is 17.1. The normalized spacial score (nSPS) is 17.6. The van der Waals surface area contributed by atoms with E-state index < -0.39 is 6.10 Å². The first-order valence-corrected chi connectivity index (χ1v) is 8.37. The molecule has 1 aliphatic rings. The van der Waals surface area contributed by atoms with Crippen LogP contribution in [0.15, 0.2) is 42.5 Å². The van der Waals surface area contributed by atoms with Gasteiger partial charge in [0.05, 0.1) is 13.2 Å². The number of piperidine rings is 1. The Morgan fingerprint density at radius 2 is 2.12 bits per heavy atom. The Kier molecular flexibility index (Phi) is 5.07. The number of aliphatic hydroxyl groups is 1. The zero-order valence-corrected chi connectivity index (χ0v) is 14.3. The summed E-state index contributed by atoms with van der Waals surface area (Å²) in [6.45, 7) is 1.07. The summed E-state index contributed by atoms with van der Waals surface area (Å²) in [5.74, 6) is 0.647. The third kappa shape index (κ3) is 3.55. The van der Waals surface area contributed by atoms with Gasteiger partial charge in [0.25, 0.3) is 5.91 Å². The number of rotatable bonds is 3. The molecule has 0 saturated carbocycles. The molecular formula is C19H20ClNO3. The number of halogens is 1. The summed E-state index contributed by atoms with van der Waals surface area (Å²) in [6.07, 6.45) is 1.15. The van der Waals surface area contributed by atoms with Crippen LogP contribution in [0.3, 0.4) is 0 Å². The molecule has 1 amide bonds. The molecule has 1 saturated heterocycles. The van der Waals surface area contributed by atoms with Crippen molar-refractivity contribution in [2.24, 2.45) is 0 Å². The van der Waals surface area contributed by atoms with Crippen molar-refractivity contribution in [3.63, 3.8) is 0 Å². The van der Waals surface area contributed by atoms with Crippen LogP contribution in [0.5, 0.6) is 5.75 Å². The van der Waals surface area contributed by atoms with Crippen LogP contribution < -0.4 is 4.74 Å². The van der Waals surface area contributed by atoms with Gasteiger partial charge in [0, 0.05) is 29.2 Å². The van der Waals surface area contributed by atoms with Crippen LogP contribution in [-0.4, -0.2) is 42.2 Å². The van der Waals surface area contributed by atoms with Crippen LogP contribution in [0.25, 0.3) is 11.1 Å². The predicted molar refractivity (Wildman–Crippen MR) is 94.6 cm³/mol. The van der Waals surface area contributed by atoms with Gasteiger partial charge in [0.1, 0.15) is 5.75 Å². The Bertz CT molecular complexity index is 747. The predicted octanol–water partition coefficient (Wildman–Crippen LogP) is 3.61. The number of methoxy groups -OCH3 is 1. The van der Waals surface area contributed by atoms with Crippen molar-refractivity contribution in [2.75, 3.05) is 20.2 Å². The molecule has 0 unspecified atom stereocenters. The number of hydrogen-bond donors (Lipinski definition) is 1. The minimum atomic E-state index is -0.432. The summed E-state index contributed by atoms with van der Waals surface area (Å²) in [5.41, 5.74) is 2.32. The Morgan fingerprint density at radius 3 is 2.88 bits per heavy atom. The molecule has 3 rings (SSSR count). The van der Waals surface area contributed by atoms with Gasteiger partial charge < -0.3 is 14.7 Å². The van der Waals surface area contributed by atoms with Gasteiger partial charge in [-0.3, -0.25) is 4.79 Å². The third-order valence-electron chi connectivity index (χ3n) is 4.27. The van der Waals surface area contributed by atoms with Crippen LogP contribution >= 0.6 is 11.6 Å². The highest BCUT2D eigenvalue weighted by Gasteiger charge is 2.23. The summed E-state index contributed by atoms with van der Waals surface area (Å²) >= 11 is 6.11. The molecule has 0 aromatic heterocycles. The molecule has 4 nitrogen and oxygen atoms in total.